The van der Waals surface area contributed by atoms with Crippen LogP contribution in [0.15, 0.2) is 80.8 Å². The van der Waals surface area contributed by atoms with Crippen molar-refractivity contribution in [2.24, 2.45) is 5.10 Å². The molecule has 1 heterocycles. The van der Waals surface area contributed by atoms with Crippen molar-refractivity contribution >= 4 is 55.0 Å². The Morgan fingerprint density at radius 1 is 1.03 bits per heavy atom. The van der Waals surface area contributed by atoms with E-state index in [0.29, 0.717) is 6.42 Å². The lowest BCUT2D eigenvalue weighted by molar-refractivity contribution is -0.121. The minimum absolute atomic E-state index is 0.129. The third-order valence-corrected chi connectivity index (χ3v) is 5.87. The zero-order valence-corrected chi connectivity index (χ0v) is 20.0. The molecular weight excluding hydrogens is 520 g/mol. The molecule has 4 aromatic rings. The second kappa shape index (κ2) is 9.58. The van der Waals surface area contributed by atoms with E-state index in [1.807, 2.05) is 66.1 Å². The summed E-state index contributed by atoms with van der Waals surface area (Å²) in [6.45, 7) is 2.16. The molecule has 156 valence electrons. The Morgan fingerprint density at radius 3 is 2.48 bits per heavy atom. The molecule has 1 aromatic heterocycles. The van der Waals surface area contributed by atoms with Gasteiger partial charge in [-0.15, -0.1) is 0 Å². The molecule has 0 aliphatic rings. The van der Waals surface area contributed by atoms with Crippen molar-refractivity contribution in [1.29, 1.82) is 0 Å². The highest BCUT2D eigenvalue weighted by atomic mass is 79.9. The van der Waals surface area contributed by atoms with Crippen LogP contribution in [-0.2, 0) is 17.8 Å². The number of carbonyl (C=O) groups excluding carboxylic acids is 1. The van der Waals surface area contributed by atoms with E-state index in [9.17, 15) is 4.79 Å². The van der Waals surface area contributed by atoms with E-state index in [0.717, 1.165) is 36.9 Å². The van der Waals surface area contributed by atoms with Crippen LogP contribution < -0.4 is 5.43 Å². The van der Waals surface area contributed by atoms with Crippen molar-refractivity contribution in [3.05, 3.63) is 98.2 Å². The number of amides is 1. The summed E-state index contributed by atoms with van der Waals surface area (Å²) >= 11 is 6.99. The van der Waals surface area contributed by atoms with Crippen LogP contribution in [0, 0.1) is 6.92 Å². The topological polar surface area (TPSA) is 59.3 Å². The first-order valence-corrected chi connectivity index (χ1v) is 11.3. The molecule has 5 nitrogen and oxygen atoms in total. The first-order valence-electron chi connectivity index (χ1n) is 9.75. The quantitative estimate of drug-likeness (QED) is 0.256. The number of hydrogen-bond donors (Lipinski definition) is 1. The molecule has 1 amide bonds. The Balaban J connectivity index is 1.55. The summed E-state index contributed by atoms with van der Waals surface area (Å²) in [6.07, 6.45) is 2.27. The van der Waals surface area contributed by atoms with Gasteiger partial charge in [0.15, 0.2) is 0 Å². The van der Waals surface area contributed by atoms with E-state index in [-0.39, 0.29) is 12.5 Å². The summed E-state index contributed by atoms with van der Waals surface area (Å²) in [6, 6.07) is 21.9. The minimum atomic E-state index is -0.209. The lowest BCUT2D eigenvalue weighted by atomic mass is 10.1. The van der Waals surface area contributed by atoms with Gasteiger partial charge in [-0.05, 0) is 48.4 Å². The highest BCUT2D eigenvalue weighted by molar-refractivity contribution is 9.10. The number of fused-ring (bicyclic) bond motifs is 1. The normalized spacial score (nSPS) is 11.3. The van der Waals surface area contributed by atoms with Crippen molar-refractivity contribution in [3.63, 3.8) is 0 Å². The van der Waals surface area contributed by atoms with Crippen LogP contribution in [-0.4, -0.2) is 21.7 Å². The van der Waals surface area contributed by atoms with Crippen molar-refractivity contribution in [1.82, 2.24) is 15.0 Å². The molecule has 0 unspecified atom stereocenters. The summed E-state index contributed by atoms with van der Waals surface area (Å²) < 4.78 is 3.91. The molecular formula is C24H20Br2N4O. The fraction of sp³-hybridized carbons (Fsp3) is 0.125. The molecule has 1 N–H and O–H groups in total. The number of benzene rings is 3. The van der Waals surface area contributed by atoms with Crippen LogP contribution >= 0.6 is 31.9 Å². The van der Waals surface area contributed by atoms with Crippen LogP contribution in [0.1, 0.15) is 22.5 Å². The maximum atomic E-state index is 12.6. The molecule has 0 saturated heterocycles. The zero-order valence-electron chi connectivity index (χ0n) is 16.8. The highest BCUT2D eigenvalue weighted by Crippen LogP contribution is 2.23. The summed E-state index contributed by atoms with van der Waals surface area (Å²) in [4.78, 5) is 17.4. The minimum Gasteiger partial charge on any atom is -0.318 e. The number of nitrogens with zero attached hydrogens (tertiary/aromatic N) is 3. The Bertz CT molecular complexity index is 1250. The van der Waals surface area contributed by atoms with Crippen LogP contribution in [0.5, 0.6) is 0 Å². The molecule has 4 rings (SSSR count). The fourth-order valence-electron chi connectivity index (χ4n) is 3.25. The maximum absolute atomic E-state index is 12.6. The van der Waals surface area contributed by atoms with Gasteiger partial charge in [0.25, 0.3) is 5.91 Å². The first kappa shape index (κ1) is 21.5. The van der Waals surface area contributed by atoms with E-state index in [2.05, 4.69) is 54.5 Å². The Morgan fingerprint density at radius 2 is 1.74 bits per heavy atom. The Kier molecular flexibility index (Phi) is 6.63. The number of carbonyl (C=O) groups is 1. The number of aromatic nitrogens is 2. The van der Waals surface area contributed by atoms with Crippen molar-refractivity contribution < 1.29 is 4.79 Å². The standard InChI is InChI=1S/C24H20Br2N4O/c1-16-2-4-18(5-3-16)14-27-29-24(31)15-30-22-13-20(26)10-11-21(22)28-23(30)12-17-6-8-19(25)9-7-17/h2-11,13-14H,12,15H2,1H3,(H,29,31)/b27-14+. The average molecular weight is 540 g/mol. The monoisotopic (exact) mass is 538 g/mol. The molecule has 0 aliphatic heterocycles. The molecule has 0 spiro atoms. The van der Waals surface area contributed by atoms with Gasteiger partial charge in [0, 0.05) is 15.4 Å². The number of imidazole rings is 1. The van der Waals surface area contributed by atoms with E-state index < -0.39 is 0 Å². The van der Waals surface area contributed by atoms with Gasteiger partial charge in [0.1, 0.15) is 12.4 Å². The average Bonchev–Trinajstić information content (AvgIpc) is 3.07. The predicted molar refractivity (Wildman–Crippen MR) is 131 cm³/mol. The van der Waals surface area contributed by atoms with Crippen molar-refractivity contribution in [2.45, 2.75) is 19.9 Å². The molecule has 0 bridgehead atoms. The summed E-state index contributed by atoms with van der Waals surface area (Å²) in [5, 5.41) is 4.10. The van der Waals surface area contributed by atoms with Gasteiger partial charge >= 0.3 is 0 Å². The van der Waals surface area contributed by atoms with Crippen LogP contribution in [0.2, 0.25) is 0 Å². The maximum Gasteiger partial charge on any atom is 0.260 e. The first-order chi connectivity index (χ1) is 15.0. The molecule has 7 heteroatoms. The Labute approximate surface area is 197 Å². The summed E-state index contributed by atoms with van der Waals surface area (Å²) in [7, 11) is 0. The predicted octanol–water partition coefficient (Wildman–Crippen LogP) is 5.61. The number of rotatable bonds is 6. The number of hydrazone groups is 1. The Hall–Kier alpha value is -2.77. The van der Waals surface area contributed by atoms with Crippen molar-refractivity contribution in [3.8, 4) is 0 Å². The lowest BCUT2D eigenvalue weighted by Crippen LogP contribution is -2.24. The van der Waals surface area contributed by atoms with Gasteiger partial charge in [-0.25, -0.2) is 10.4 Å². The number of aryl methyl sites for hydroxylation is 1. The summed E-state index contributed by atoms with van der Waals surface area (Å²) in [5.74, 6) is 0.618. The van der Waals surface area contributed by atoms with E-state index in [4.69, 9.17) is 4.98 Å². The van der Waals surface area contributed by atoms with Gasteiger partial charge < -0.3 is 4.57 Å². The van der Waals surface area contributed by atoms with E-state index in [1.54, 1.807) is 6.21 Å². The molecule has 0 atom stereocenters. The number of hydrogen-bond acceptors (Lipinski definition) is 3. The second-order valence-electron chi connectivity index (χ2n) is 7.25. The molecule has 3 aromatic carbocycles. The van der Waals surface area contributed by atoms with E-state index >= 15 is 0 Å². The molecule has 31 heavy (non-hydrogen) atoms. The molecule has 0 saturated carbocycles. The third-order valence-electron chi connectivity index (χ3n) is 4.85. The fourth-order valence-corrected chi connectivity index (χ4v) is 3.87. The third kappa shape index (κ3) is 5.48. The molecule has 0 fully saturated rings. The number of halogens is 2. The second-order valence-corrected chi connectivity index (χ2v) is 9.09. The van der Waals surface area contributed by atoms with Crippen LogP contribution in [0.25, 0.3) is 11.0 Å². The zero-order chi connectivity index (χ0) is 21.8. The molecule has 0 radical (unpaired) electrons. The van der Waals surface area contributed by atoms with Crippen molar-refractivity contribution in [2.75, 3.05) is 0 Å². The van der Waals surface area contributed by atoms with Crippen LogP contribution in [0.4, 0.5) is 0 Å². The van der Waals surface area contributed by atoms with Gasteiger partial charge in [-0.2, -0.15) is 5.10 Å². The SMILES string of the molecule is Cc1ccc(/C=N/NC(=O)Cn2c(Cc3ccc(Br)cc3)nc3ccc(Br)cc32)cc1. The lowest BCUT2D eigenvalue weighted by Gasteiger charge is -2.09. The largest absolute Gasteiger partial charge is 0.318 e. The van der Waals surface area contributed by atoms with Gasteiger partial charge in [-0.1, -0.05) is 73.8 Å². The highest BCUT2D eigenvalue weighted by Gasteiger charge is 2.14. The number of nitrogens with one attached hydrogen (secondary N) is 1. The van der Waals surface area contributed by atoms with E-state index in [1.165, 1.54) is 5.56 Å². The van der Waals surface area contributed by atoms with Gasteiger partial charge in [-0.3, -0.25) is 4.79 Å². The van der Waals surface area contributed by atoms with Gasteiger partial charge in [0.05, 0.1) is 17.2 Å². The molecule has 0 aliphatic carbocycles. The smallest absolute Gasteiger partial charge is 0.260 e. The summed E-state index contributed by atoms with van der Waals surface area (Å²) in [5.41, 5.74) is 7.61. The van der Waals surface area contributed by atoms with Crippen LogP contribution in [0.3, 0.4) is 0 Å². The van der Waals surface area contributed by atoms with Gasteiger partial charge in [0.2, 0.25) is 0 Å².